The van der Waals surface area contributed by atoms with Gasteiger partial charge in [-0.05, 0) is 71.8 Å². The molecule has 0 unspecified atom stereocenters. The van der Waals surface area contributed by atoms with Crippen LogP contribution in [0.3, 0.4) is 0 Å². The van der Waals surface area contributed by atoms with Gasteiger partial charge in [0.15, 0.2) is 23.3 Å². The van der Waals surface area contributed by atoms with Crippen molar-refractivity contribution in [3.05, 3.63) is 124 Å². The molecule has 0 aromatic heterocycles. The van der Waals surface area contributed by atoms with E-state index >= 15 is 0 Å². The molecule has 0 aliphatic heterocycles. The molecule has 8 heteroatoms. The topological polar surface area (TPSA) is 0 Å². The fourth-order valence-corrected chi connectivity index (χ4v) is 4.07. The van der Waals surface area contributed by atoms with Crippen molar-refractivity contribution in [1.82, 2.24) is 0 Å². The van der Waals surface area contributed by atoms with Crippen LogP contribution in [0.4, 0.5) is 35.1 Å². The molecule has 0 amide bonds. The molecule has 0 saturated heterocycles. The van der Waals surface area contributed by atoms with Crippen molar-refractivity contribution in [3.63, 3.8) is 0 Å². The molecule has 0 bridgehead atoms. The molecule has 0 saturated carbocycles. The second kappa shape index (κ2) is 11.2. The van der Waals surface area contributed by atoms with Crippen LogP contribution in [0, 0.1) is 34.9 Å². The third-order valence-corrected chi connectivity index (χ3v) is 6.12. The Kier molecular flexibility index (Phi) is 7.99. The van der Waals surface area contributed by atoms with Gasteiger partial charge in [-0.25, -0.2) is 35.1 Å². The molecule has 38 heavy (non-hydrogen) atoms. The summed E-state index contributed by atoms with van der Waals surface area (Å²) >= 11 is 0. The normalized spacial score (nSPS) is 12.0. The van der Waals surface area contributed by atoms with Gasteiger partial charge in [0.2, 0.25) is 0 Å². The summed E-state index contributed by atoms with van der Waals surface area (Å²) in [6.45, 7) is 1.51. The van der Waals surface area contributed by atoms with Gasteiger partial charge in [0.1, 0.15) is 23.3 Å². The molecule has 0 aliphatic rings. The first-order valence-corrected chi connectivity index (χ1v) is 11.6. The predicted molar refractivity (Wildman–Crippen MR) is 130 cm³/mol. The zero-order valence-electron chi connectivity index (χ0n) is 20.0. The molecular weight excluding hydrogens is 512 g/mol. The minimum absolute atomic E-state index is 0.0488. The summed E-state index contributed by atoms with van der Waals surface area (Å²) in [4.78, 5) is 0. The Hall–Kier alpha value is -3.94. The summed E-state index contributed by atoms with van der Waals surface area (Å²) in [5.74, 6) is -9.87. The third-order valence-electron chi connectivity index (χ3n) is 6.12. The monoisotopic (exact) mass is 532 g/mol. The van der Waals surface area contributed by atoms with Crippen LogP contribution in [0.5, 0.6) is 0 Å². The molecule has 0 aliphatic carbocycles. The molecule has 0 heterocycles. The van der Waals surface area contributed by atoms with Crippen LogP contribution in [0.15, 0.2) is 72.6 Å². The van der Waals surface area contributed by atoms with Crippen LogP contribution in [0.1, 0.15) is 30.0 Å². The fourth-order valence-electron chi connectivity index (χ4n) is 4.07. The maximum Gasteiger partial charge on any atom is 0.194 e. The molecule has 4 aromatic rings. The van der Waals surface area contributed by atoms with E-state index in [-0.39, 0.29) is 23.1 Å². The van der Waals surface area contributed by atoms with Gasteiger partial charge in [-0.1, -0.05) is 43.3 Å². The Morgan fingerprint density at radius 3 is 1.66 bits per heavy atom. The molecule has 4 aromatic carbocycles. The lowest BCUT2D eigenvalue weighted by atomic mass is 9.96. The molecule has 196 valence electrons. The van der Waals surface area contributed by atoms with Crippen LogP contribution in [-0.4, -0.2) is 0 Å². The Morgan fingerprint density at radius 1 is 0.579 bits per heavy atom. The van der Waals surface area contributed by atoms with Gasteiger partial charge >= 0.3 is 0 Å². The van der Waals surface area contributed by atoms with E-state index < -0.39 is 57.7 Å². The number of benzene rings is 4. The van der Waals surface area contributed by atoms with Gasteiger partial charge in [-0.2, -0.15) is 0 Å². The molecule has 4 rings (SSSR count). The van der Waals surface area contributed by atoms with Crippen molar-refractivity contribution in [2.75, 3.05) is 0 Å². The second-order valence-electron chi connectivity index (χ2n) is 8.65. The van der Waals surface area contributed by atoms with Gasteiger partial charge in [-0.15, -0.1) is 0 Å². The zero-order valence-corrected chi connectivity index (χ0v) is 20.0. The summed E-state index contributed by atoms with van der Waals surface area (Å²) < 4.78 is 112. The fraction of sp³-hybridized carbons (Fsp3) is 0.133. The van der Waals surface area contributed by atoms with Gasteiger partial charge in [0.25, 0.3) is 0 Å². The number of hydrogen-bond donors (Lipinski definition) is 0. The summed E-state index contributed by atoms with van der Waals surface area (Å²) in [6, 6.07) is 13.0. The van der Waals surface area contributed by atoms with E-state index in [0.717, 1.165) is 17.7 Å². The van der Waals surface area contributed by atoms with E-state index in [0.29, 0.717) is 30.5 Å². The first-order valence-electron chi connectivity index (χ1n) is 11.6. The summed E-state index contributed by atoms with van der Waals surface area (Å²) in [5, 5.41) is 0. The van der Waals surface area contributed by atoms with Crippen molar-refractivity contribution in [2.24, 2.45) is 0 Å². The number of aryl methyl sites for hydroxylation is 2. The largest absolute Gasteiger partial charge is 0.209 e. The Labute approximate surface area is 213 Å². The van der Waals surface area contributed by atoms with Gasteiger partial charge in [0, 0.05) is 11.1 Å². The summed E-state index contributed by atoms with van der Waals surface area (Å²) in [7, 11) is 0. The van der Waals surface area contributed by atoms with E-state index in [4.69, 9.17) is 0 Å². The lowest BCUT2D eigenvalue weighted by molar-refractivity contribution is 0.447. The van der Waals surface area contributed by atoms with Gasteiger partial charge < -0.3 is 0 Å². The molecule has 0 spiro atoms. The molecule has 0 fully saturated rings. The molecule has 0 N–H and O–H groups in total. The Morgan fingerprint density at radius 2 is 1.11 bits per heavy atom. The van der Waals surface area contributed by atoms with Crippen LogP contribution in [-0.2, 0) is 12.8 Å². The van der Waals surface area contributed by atoms with Crippen LogP contribution in [0.25, 0.3) is 28.1 Å². The number of halogens is 8. The molecule has 0 radical (unpaired) electrons. The molecular formula is C30H20F8. The van der Waals surface area contributed by atoms with Crippen LogP contribution < -0.4 is 0 Å². The molecule has 0 atom stereocenters. The van der Waals surface area contributed by atoms with E-state index in [2.05, 4.69) is 0 Å². The second-order valence-corrected chi connectivity index (χ2v) is 8.65. The van der Waals surface area contributed by atoms with E-state index in [9.17, 15) is 35.1 Å². The maximum atomic E-state index is 14.9. The van der Waals surface area contributed by atoms with Crippen LogP contribution in [0.2, 0.25) is 0 Å². The minimum Gasteiger partial charge on any atom is -0.209 e. The van der Waals surface area contributed by atoms with E-state index in [1.807, 2.05) is 0 Å². The maximum absolute atomic E-state index is 14.9. The lowest BCUT2D eigenvalue weighted by Crippen LogP contribution is -1.98. The summed E-state index contributed by atoms with van der Waals surface area (Å²) in [6.07, 6.45) is 0.831. The van der Waals surface area contributed by atoms with Crippen molar-refractivity contribution in [3.8, 4) is 22.3 Å². The Balaban J connectivity index is 1.53. The van der Waals surface area contributed by atoms with Crippen molar-refractivity contribution in [1.29, 1.82) is 0 Å². The smallest absolute Gasteiger partial charge is 0.194 e. The van der Waals surface area contributed by atoms with Gasteiger partial charge in [0.05, 0.1) is 5.56 Å². The quantitative estimate of drug-likeness (QED) is 0.164. The number of allylic oxidation sites excluding steroid dienone is 1. The van der Waals surface area contributed by atoms with Crippen molar-refractivity contribution >= 4 is 5.83 Å². The highest BCUT2D eigenvalue weighted by molar-refractivity contribution is 5.72. The number of rotatable bonds is 7. The first kappa shape index (κ1) is 27.1. The zero-order chi connectivity index (χ0) is 27.6. The van der Waals surface area contributed by atoms with E-state index in [1.54, 1.807) is 18.2 Å². The van der Waals surface area contributed by atoms with Crippen molar-refractivity contribution in [2.45, 2.75) is 26.2 Å². The minimum atomic E-state index is -1.77. The number of hydrogen-bond acceptors (Lipinski definition) is 0. The summed E-state index contributed by atoms with van der Waals surface area (Å²) in [5.41, 5.74) is -0.0169. The third kappa shape index (κ3) is 5.64. The van der Waals surface area contributed by atoms with Crippen LogP contribution >= 0.6 is 0 Å². The highest BCUT2D eigenvalue weighted by atomic mass is 19.2. The van der Waals surface area contributed by atoms with Gasteiger partial charge in [-0.3, -0.25) is 0 Å². The Bertz CT molecular complexity index is 1470. The highest BCUT2D eigenvalue weighted by Gasteiger charge is 2.19. The lowest BCUT2D eigenvalue weighted by Gasteiger charge is -2.11. The van der Waals surface area contributed by atoms with E-state index in [1.165, 1.54) is 31.2 Å². The van der Waals surface area contributed by atoms with Crippen molar-refractivity contribution < 1.29 is 35.1 Å². The standard InChI is InChI=1S/C30H20F8/c1-2-22(31)29(37)18-8-5-16(6-9-18)3-4-17-7-10-21(23(32)11-17)19-12-24(33)28(25(34)13-19)20-14-26(35)30(38)27(36)15-20/h5-15H,2-4H2,1H3/b29-22+. The molecule has 0 nitrogen and oxygen atoms in total. The highest BCUT2D eigenvalue weighted by Crippen LogP contribution is 2.34. The average Bonchev–Trinajstić information content (AvgIpc) is 2.89. The predicted octanol–water partition coefficient (Wildman–Crippen LogP) is 9.66. The average molecular weight is 532 g/mol. The first-order chi connectivity index (χ1) is 18.1. The SMILES string of the molecule is CC/C(F)=C(\F)c1ccc(CCc2ccc(-c3cc(F)c(-c4cc(F)c(F)c(F)c4)c(F)c3)c(F)c2)cc1.